The van der Waals surface area contributed by atoms with E-state index in [9.17, 15) is 19.8 Å². The van der Waals surface area contributed by atoms with E-state index in [2.05, 4.69) is 15.6 Å². The number of aromatic nitrogens is 1. The Kier molecular flexibility index (Phi) is 7.36. The highest BCUT2D eigenvalue weighted by Gasteiger charge is 2.22. The number of aliphatic carboxylic acids is 1. The molecule has 0 saturated heterocycles. The first-order valence-electron chi connectivity index (χ1n) is 11.1. The van der Waals surface area contributed by atoms with Crippen molar-refractivity contribution in [1.82, 2.24) is 10.3 Å². The number of ether oxygens (including phenoxy) is 3. The smallest absolute Gasteiger partial charge is 0.303 e. The van der Waals surface area contributed by atoms with Crippen molar-refractivity contribution in [2.45, 2.75) is 31.6 Å². The van der Waals surface area contributed by atoms with Gasteiger partial charge < -0.3 is 35.1 Å². The number of allylic oxidation sites excluding steroid dienone is 1. The van der Waals surface area contributed by atoms with Crippen LogP contribution >= 0.6 is 0 Å². The van der Waals surface area contributed by atoms with Gasteiger partial charge in [0.25, 0.3) is 0 Å². The molecule has 0 radical (unpaired) electrons. The van der Waals surface area contributed by atoms with Crippen molar-refractivity contribution in [2.75, 3.05) is 31.8 Å². The average molecular weight is 469 g/mol. The number of aliphatic hydroxyl groups excluding tert-OH is 1. The van der Waals surface area contributed by atoms with E-state index < -0.39 is 17.8 Å². The van der Waals surface area contributed by atoms with Crippen LogP contribution in [0.1, 0.15) is 36.4 Å². The molecule has 2 aliphatic rings. The Hall–Kier alpha value is -3.95. The molecule has 10 nitrogen and oxygen atoms in total. The molecule has 3 heterocycles. The molecule has 1 atom stereocenters. The quantitative estimate of drug-likeness (QED) is 0.322. The molecule has 0 saturated carbocycles. The van der Waals surface area contributed by atoms with Crippen LogP contribution < -0.4 is 24.8 Å². The number of pyridine rings is 1. The lowest BCUT2D eigenvalue weighted by molar-refractivity contribution is -0.137. The second kappa shape index (κ2) is 10.8. The van der Waals surface area contributed by atoms with E-state index in [-0.39, 0.29) is 25.4 Å². The number of aliphatic hydroxyl groups is 1. The predicted molar refractivity (Wildman–Crippen MR) is 122 cm³/mol. The van der Waals surface area contributed by atoms with Crippen molar-refractivity contribution in [1.29, 1.82) is 0 Å². The van der Waals surface area contributed by atoms with Crippen molar-refractivity contribution in [2.24, 2.45) is 0 Å². The molecule has 1 aromatic heterocycles. The van der Waals surface area contributed by atoms with Crippen LogP contribution in [0.25, 0.3) is 0 Å². The van der Waals surface area contributed by atoms with Crippen LogP contribution in [0.15, 0.2) is 42.2 Å². The van der Waals surface area contributed by atoms with Crippen LogP contribution in [0.5, 0.6) is 17.2 Å². The topological polar surface area (TPSA) is 139 Å². The zero-order valence-electron chi connectivity index (χ0n) is 18.6. The van der Waals surface area contributed by atoms with Gasteiger partial charge in [-0.3, -0.25) is 9.59 Å². The Bertz CT molecular complexity index is 1090. The Morgan fingerprint density at radius 3 is 2.76 bits per heavy atom. The molecule has 180 valence electrons. The standard InChI is InChI=1S/C24H27N3O7/c28-18(10-16(12-23(30)31)15-2-4-19-21(11-15)34-14-33-19)13-22(29)25-8-6-17-3-5-20-24(27-17)26-7-1-9-32-20/h2-5,11,13,16,28H,1,6-10,12,14H2,(H,25,29)(H,26,27)(H,30,31)/b18-13-. The summed E-state index contributed by atoms with van der Waals surface area (Å²) in [5, 5.41) is 25.6. The molecule has 1 aromatic carbocycles. The third kappa shape index (κ3) is 6.09. The molecular formula is C24H27N3O7. The van der Waals surface area contributed by atoms with E-state index in [0.29, 0.717) is 42.5 Å². The maximum Gasteiger partial charge on any atom is 0.303 e. The number of anilines is 1. The highest BCUT2D eigenvalue weighted by molar-refractivity contribution is 5.87. The van der Waals surface area contributed by atoms with Gasteiger partial charge in [-0.05, 0) is 36.2 Å². The van der Waals surface area contributed by atoms with Gasteiger partial charge in [0, 0.05) is 43.6 Å². The van der Waals surface area contributed by atoms with Crippen LogP contribution in [-0.4, -0.2) is 53.6 Å². The average Bonchev–Trinajstić information content (AvgIpc) is 3.14. The summed E-state index contributed by atoms with van der Waals surface area (Å²) in [6.45, 7) is 1.88. The number of nitrogens with zero attached hydrogens (tertiary/aromatic N) is 1. The van der Waals surface area contributed by atoms with Crippen LogP contribution in [0.3, 0.4) is 0 Å². The number of nitrogens with one attached hydrogen (secondary N) is 2. The minimum atomic E-state index is -1.01. The number of benzene rings is 1. The van der Waals surface area contributed by atoms with Crippen molar-refractivity contribution in [3.05, 3.63) is 53.4 Å². The number of amides is 1. The molecule has 0 spiro atoms. The Balaban J connectivity index is 1.32. The van der Waals surface area contributed by atoms with E-state index in [4.69, 9.17) is 14.2 Å². The van der Waals surface area contributed by atoms with Gasteiger partial charge in [0.2, 0.25) is 12.7 Å². The van der Waals surface area contributed by atoms with Gasteiger partial charge in [-0.1, -0.05) is 6.07 Å². The fourth-order valence-electron chi connectivity index (χ4n) is 3.84. The number of rotatable bonds is 9. The van der Waals surface area contributed by atoms with E-state index in [1.54, 1.807) is 18.2 Å². The zero-order valence-corrected chi connectivity index (χ0v) is 18.6. The summed E-state index contributed by atoms with van der Waals surface area (Å²) in [6.07, 6.45) is 2.29. The Morgan fingerprint density at radius 2 is 1.91 bits per heavy atom. The Morgan fingerprint density at radius 1 is 1.09 bits per heavy atom. The molecule has 2 aliphatic heterocycles. The highest BCUT2D eigenvalue weighted by Crippen LogP contribution is 2.37. The molecule has 4 rings (SSSR count). The number of carbonyl (C=O) groups is 2. The molecule has 34 heavy (non-hydrogen) atoms. The largest absolute Gasteiger partial charge is 0.512 e. The van der Waals surface area contributed by atoms with Gasteiger partial charge in [-0.15, -0.1) is 0 Å². The summed E-state index contributed by atoms with van der Waals surface area (Å²) in [7, 11) is 0. The van der Waals surface area contributed by atoms with Crippen LogP contribution in [0.4, 0.5) is 5.82 Å². The molecule has 0 bridgehead atoms. The first-order valence-corrected chi connectivity index (χ1v) is 11.1. The molecule has 0 aliphatic carbocycles. The van der Waals surface area contributed by atoms with Crippen molar-refractivity contribution in [3.63, 3.8) is 0 Å². The van der Waals surface area contributed by atoms with Crippen molar-refractivity contribution < 1.29 is 34.0 Å². The third-order valence-corrected chi connectivity index (χ3v) is 5.51. The van der Waals surface area contributed by atoms with Gasteiger partial charge in [0.05, 0.1) is 18.8 Å². The number of hydrogen-bond acceptors (Lipinski definition) is 8. The van der Waals surface area contributed by atoms with Gasteiger partial charge in [0.15, 0.2) is 23.1 Å². The van der Waals surface area contributed by atoms with Crippen molar-refractivity contribution in [3.8, 4) is 17.2 Å². The summed E-state index contributed by atoms with van der Waals surface area (Å²) in [5.41, 5.74) is 1.48. The number of carbonyl (C=O) groups excluding carboxylic acids is 1. The lowest BCUT2D eigenvalue weighted by atomic mass is 9.91. The maximum absolute atomic E-state index is 12.3. The number of carboxylic acids is 1. The molecule has 2 aromatic rings. The van der Waals surface area contributed by atoms with Gasteiger partial charge in [-0.25, -0.2) is 4.98 Å². The van der Waals surface area contributed by atoms with E-state index in [0.717, 1.165) is 30.5 Å². The molecule has 0 fully saturated rings. The molecular weight excluding hydrogens is 442 g/mol. The van der Waals surface area contributed by atoms with Crippen LogP contribution in [0, 0.1) is 0 Å². The molecule has 1 unspecified atom stereocenters. The Labute approximate surface area is 196 Å². The summed E-state index contributed by atoms with van der Waals surface area (Å²) >= 11 is 0. The summed E-state index contributed by atoms with van der Waals surface area (Å²) in [4.78, 5) is 28.1. The minimum absolute atomic E-state index is 0.00257. The summed E-state index contributed by atoms with van der Waals surface area (Å²) in [6, 6.07) is 8.87. The SMILES string of the molecule is O=C(O)CC(C/C(O)=C/C(=O)NCCc1ccc2c(n1)NCCCO2)c1ccc2c(c1)OCO2. The van der Waals surface area contributed by atoms with Crippen LogP contribution in [0.2, 0.25) is 0 Å². The maximum atomic E-state index is 12.3. The second-order valence-electron chi connectivity index (χ2n) is 8.07. The van der Waals surface area contributed by atoms with E-state index in [1.807, 2.05) is 12.1 Å². The fourth-order valence-corrected chi connectivity index (χ4v) is 3.84. The summed E-state index contributed by atoms with van der Waals surface area (Å²) in [5.74, 6) is 0.330. The number of fused-ring (bicyclic) bond motifs is 2. The minimum Gasteiger partial charge on any atom is -0.512 e. The molecule has 4 N–H and O–H groups in total. The highest BCUT2D eigenvalue weighted by atomic mass is 16.7. The van der Waals surface area contributed by atoms with E-state index in [1.165, 1.54) is 0 Å². The van der Waals surface area contributed by atoms with E-state index >= 15 is 0 Å². The number of hydrogen-bond donors (Lipinski definition) is 4. The zero-order chi connectivity index (χ0) is 23.9. The number of carboxylic acid groups (broad SMARTS) is 1. The van der Waals surface area contributed by atoms with Gasteiger partial charge in [0.1, 0.15) is 0 Å². The van der Waals surface area contributed by atoms with Crippen LogP contribution in [-0.2, 0) is 16.0 Å². The predicted octanol–water partition coefficient (Wildman–Crippen LogP) is 2.75. The van der Waals surface area contributed by atoms with Gasteiger partial charge in [-0.2, -0.15) is 0 Å². The van der Waals surface area contributed by atoms with Crippen molar-refractivity contribution >= 4 is 17.7 Å². The first-order chi connectivity index (χ1) is 16.5. The first kappa shape index (κ1) is 23.2. The van der Waals surface area contributed by atoms with Gasteiger partial charge >= 0.3 is 5.97 Å². The monoisotopic (exact) mass is 469 g/mol. The third-order valence-electron chi connectivity index (χ3n) is 5.51. The lowest BCUT2D eigenvalue weighted by Gasteiger charge is -2.15. The fraction of sp³-hybridized carbons (Fsp3) is 0.375. The normalized spacial score (nSPS) is 15.4. The summed E-state index contributed by atoms with van der Waals surface area (Å²) < 4.78 is 16.3. The second-order valence-corrected chi connectivity index (χ2v) is 8.07. The molecule has 1 amide bonds. The lowest BCUT2D eigenvalue weighted by Crippen LogP contribution is -2.24. The molecule has 10 heteroatoms.